The summed E-state index contributed by atoms with van der Waals surface area (Å²) in [6.45, 7) is 5.84. The zero-order valence-corrected chi connectivity index (χ0v) is 14.3. The molecule has 2 unspecified atom stereocenters. The summed E-state index contributed by atoms with van der Waals surface area (Å²) >= 11 is 5.79. The van der Waals surface area contributed by atoms with Crippen LogP contribution in [0.4, 0.5) is 4.79 Å². The van der Waals surface area contributed by atoms with Crippen molar-refractivity contribution in [1.29, 1.82) is 0 Å². The Morgan fingerprint density at radius 2 is 2.25 bits per heavy atom. The van der Waals surface area contributed by atoms with E-state index in [1.807, 2.05) is 20.8 Å². The number of hydrogen-bond donors (Lipinski definition) is 2. The Kier molecular flexibility index (Phi) is 4.05. The van der Waals surface area contributed by atoms with Gasteiger partial charge in [0.2, 0.25) is 5.91 Å². The predicted molar refractivity (Wildman–Crippen MR) is 81.1 cm³/mol. The third-order valence-corrected chi connectivity index (χ3v) is 6.17. The molecule has 0 radical (unpaired) electrons. The molecule has 2 rings (SSSR count). The average Bonchev–Trinajstić information content (AvgIpc) is 2.82. The van der Waals surface area contributed by atoms with Gasteiger partial charge in [-0.1, -0.05) is 32.5 Å². The van der Waals surface area contributed by atoms with Crippen LogP contribution < -0.4 is 11.1 Å². The van der Waals surface area contributed by atoms with E-state index in [4.69, 9.17) is 10.5 Å². The predicted octanol–water partition coefficient (Wildman–Crippen LogP) is 2.39. The maximum Gasteiger partial charge on any atom is 0.407 e. The van der Waals surface area contributed by atoms with Crippen molar-refractivity contribution in [2.45, 2.75) is 31.1 Å². The Morgan fingerprint density at radius 1 is 1.60 bits per heavy atom. The van der Waals surface area contributed by atoms with Gasteiger partial charge in [0, 0.05) is 0 Å². The van der Waals surface area contributed by atoms with Crippen LogP contribution in [-0.2, 0) is 14.6 Å². The van der Waals surface area contributed by atoms with Gasteiger partial charge in [-0.2, -0.15) is 0 Å². The largest absolute Gasteiger partial charge is 0.407 e. The van der Waals surface area contributed by atoms with Crippen LogP contribution in [0.2, 0.25) is 0 Å². The lowest BCUT2D eigenvalue weighted by atomic mass is 9.91. The molecule has 2 atom stereocenters. The number of nitrogens with zero attached hydrogens (tertiary/aromatic N) is 1. The molecule has 1 aliphatic heterocycles. The number of ether oxygens (including phenoxy) is 1. The number of aromatic nitrogens is 1. The molecule has 110 valence electrons. The van der Waals surface area contributed by atoms with E-state index in [1.54, 1.807) is 6.20 Å². The highest BCUT2D eigenvalue weighted by Crippen LogP contribution is 2.49. The highest BCUT2D eigenvalue weighted by Gasteiger charge is 2.54. The highest BCUT2D eigenvalue weighted by atomic mass is 79.9. The zero-order valence-electron chi connectivity index (χ0n) is 11.1. The van der Waals surface area contributed by atoms with Crippen molar-refractivity contribution in [3.05, 3.63) is 15.0 Å². The summed E-state index contributed by atoms with van der Waals surface area (Å²) in [6, 6.07) is 0. The van der Waals surface area contributed by atoms with Crippen molar-refractivity contribution in [2.24, 2.45) is 11.1 Å². The molecule has 1 aromatic rings. The Balaban J connectivity index is 2.41. The van der Waals surface area contributed by atoms with Gasteiger partial charge in [-0.3, -0.25) is 4.79 Å². The molecule has 1 saturated heterocycles. The Labute approximate surface area is 133 Å². The third-order valence-electron chi connectivity index (χ3n) is 2.60. The van der Waals surface area contributed by atoms with Gasteiger partial charge in [0.15, 0.2) is 5.01 Å². The normalized spacial score (nSPS) is 26.4. The average molecular weight is 380 g/mol. The van der Waals surface area contributed by atoms with Crippen LogP contribution in [0.3, 0.4) is 0 Å². The first-order valence-electron chi connectivity index (χ1n) is 5.74. The maximum absolute atomic E-state index is 12.2. The maximum atomic E-state index is 12.2. The highest BCUT2D eigenvalue weighted by molar-refractivity contribution is 9.11. The second-order valence-corrected chi connectivity index (χ2v) is 9.05. The van der Waals surface area contributed by atoms with E-state index in [9.17, 15) is 9.59 Å². The van der Waals surface area contributed by atoms with Crippen LogP contribution in [0.1, 0.15) is 25.8 Å². The first-order valence-corrected chi connectivity index (χ1v) is 8.23. The summed E-state index contributed by atoms with van der Waals surface area (Å²) in [7, 11) is 0. The number of carbonyl (C=O) groups excluding carboxylic acids is 2. The number of nitrogens with one attached hydrogen (secondary N) is 1. The van der Waals surface area contributed by atoms with Crippen molar-refractivity contribution in [2.75, 3.05) is 0 Å². The number of hydrogen-bond acceptors (Lipinski definition) is 6. The molecule has 0 bridgehead atoms. The van der Waals surface area contributed by atoms with E-state index in [1.165, 1.54) is 23.1 Å². The van der Waals surface area contributed by atoms with Crippen LogP contribution in [0.15, 0.2) is 9.98 Å². The second-order valence-electron chi connectivity index (χ2n) is 5.36. The number of thiazole rings is 1. The molecule has 3 N–H and O–H groups in total. The fraction of sp³-hybridized carbons (Fsp3) is 0.545. The van der Waals surface area contributed by atoms with Crippen molar-refractivity contribution < 1.29 is 14.3 Å². The minimum Gasteiger partial charge on any atom is -0.406 e. The Hall–Kier alpha value is -0.800. The van der Waals surface area contributed by atoms with Gasteiger partial charge >= 0.3 is 6.09 Å². The van der Waals surface area contributed by atoms with E-state index >= 15 is 0 Å². The summed E-state index contributed by atoms with van der Waals surface area (Å²) in [5.74, 6) is -0.199. The minimum absolute atomic E-state index is 0.199. The number of primary amides is 1. The molecule has 6 nitrogen and oxygen atoms in total. The molecule has 1 fully saturated rings. The van der Waals surface area contributed by atoms with E-state index in [-0.39, 0.29) is 16.6 Å². The van der Waals surface area contributed by atoms with Crippen LogP contribution in [0.5, 0.6) is 0 Å². The lowest BCUT2D eigenvalue weighted by molar-refractivity contribution is -0.124. The monoisotopic (exact) mass is 379 g/mol. The molecule has 9 heteroatoms. The lowest BCUT2D eigenvalue weighted by Gasteiger charge is -2.27. The van der Waals surface area contributed by atoms with Gasteiger partial charge < -0.3 is 15.8 Å². The van der Waals surface area contributed by atoms with Gasteiger partial charge in [-0.15, -0.1) is 11.3 Å². The summed E-state index contributed by atoms with van der Waals surface area (Å²) in [4.78, 5) is 27.6. The molecular formula is C11H14BrN3O3S2. The SMILES string of the molecule is CC(C)(C)C1SC(OC(N)=O)(c2ncc(Br)s2)NC1=O. The van der Waals surface area contributed by atoms with Crippen LogP contribution >= 0.6 is 39.0 Å². The minimum atomic E-state index is -1.35. The van der Waals surface area contributed by atoms with Crippen molar-refractivity contribution in [1.82, 2.24) is 10.3 Å². The van der Waals surface area contributed by atoms with E-state index in [2.05, 4.69) is 26.2 Å². The Bertz CT molecular complexity index is 557. The first kappa shape index (κ1) is 15.6. The zero-order chi connectivity index (χ0) is 15.1. The van der Waals surface area contributed by atoms with Crippen LogP contribution in [-0.4, -0.2) is 22.2 Å². The summed E-state index contributed by atoms with van der Waals surface area (Å²) in [5.41, 5.74) is 4.86. The second kappa shape index (κ2) is 5.19. The smallest absolute Gasteiger partial charge is 0.406 e. The lowest BCUT2D eigenvalue weighted by Crippen LogP contribution is -2.43. The van der Waals surface area contributed by atoms with E-state index in [0.29, 0.717) is 5.01 Å². The molecule has 2 amide bonds. The molecule has 0 saturated carbocycles. The number of amides is 2. The van der Waals surface area contributed by atoms with Crippen LogP contribution in [0, 0.1) is 5.41 Å². The number of nitrogens with two attached hydrogens (primary N) is 1. The number of carbonyl (C=O) groups is 2. The molecule has 2 heterocycles. The molecule has 0 aromatic carbocycles. The van der Waals surface area contributed by atoms with Gasteiger partial charge in [0.25, 0.3) is 5.06 Å². The van der Waals surface area contributed by atoms with Crippen molar-refractivity contribution in [3.63, 3.8) is 0 Å². The topological polar surface area (TPSA) is 94.3 Å². The summed E-state index contributed by atoms with van der Waals surface area (Å²) in [5, 5.41) is 1.46. The molecular weight excluding hydrogens is 366 g/mol. The van der Waals surface area contributed by atoms with Crippen molar-refractivity contribution >= 4 is 51.0 Å². The van der Waals surface area contributed by atoms with Gasteiger partial charge in [-0.25, -0.2) is 9.78 Å². The summed E-state index contributed by atoms with van der Waals surface area (Å²) < 4.78 is 5.96. The molecule has 0 spiro atoms. The molecule has 20 heavy (non-hydrogen) atoms. The molecule has 1 aliphatic rings. The van der Waals surface area contributed by atoms with Gasteiger partial charge in [-0.05, 0) is 21.3 Å². The van der Waals surface area contributed by atoms with Crippen molar-refractivity contribution in [3.8, 4) is 0 Å². The number of halogens is 1. The van der Waals surface area contributed by atoms with Crippen LogP contribution in [0.25, 0.3) is 0 Å². The fourth-order valence-corrected chi connectivity index (χ4v) is 4.54. The van der Waals surface area contributed by atoms with E-state index < -0.39 is 11.2 Å². The first-order chi connectivity index (χ1) is 9.14. The standard InChI is InChI=1S/C11H14BrN3O3S2/c1-10(2,3)6-7(16)15-11(20-6,18-9(13)17)8-14-4-5(12)19-8/h4,6H,1-3H3,(H2,13,17)(H,15,16). The van der Waals surface area contributed by atoms with Gasteiger partial charge in [0.1, 0.15) is 0 Å². The van der Waals surface area contributed by atoms with E-state index in [0.717, 1.165) is 3.79 Å². The number of rotatable bonds is 2. The molecule has 0 aliphatic carbocycles. The van der Waals surface area contributed by atoms with Gasteiger partial charge in [0.05, 0.1) is 15.2 Å². The molecule has 1 aromatic heterocycles. The number of thioether (sulfide) groups is 1. The fourth-order valence-electron chi connectivity index (χ4n) is 1.79. The quantitative estimate of drug-likeness (QED) is 0.822. The Morgan fingerprint density at radius 3 is 2.65 bits per heavy atom. The summed E-state index contributed by atoms with van der Waals surface area (Å²) in [6.07, 6.45) is 0.627. The third kappa shape index (κ3) is 2.94.